The van der Waals surface area contributed by atoms with Crippen molar-refractivity contribution in [2.45, 2.75) is 18.4 Å². The number of nitrogens with zero attached hydrogens (tertiary/aromatic N) is 1. The van der Waals surface area contributed by atoms with Crippen LogP contribution in [0.4, 0.5) is 0 Å². The minimum atomic E-state index is -0.957. The van der Waals surface area contributed by atoms with Gasteiger partial charge >= 0.3 is 0 Å². The molecule has 5 heteroatoms. The molecule has 62 valence electrons. The maximum absolute atomic E-state index is 10.4. The van der Waals surface area contributed by atoms with E-state index in [1.807, 2.05) is 0 Å². The Labute approximate surface area is 63.5 Å². The van der Waals surface area contributed by atoms with Gasteiger partial charge < -0.3 is 9.53 Å². The number of hydrogen-bond acceptors (Lipinski definition) is 4. The second kappa shape index (κ2) is 2.96. The monoisotopic (exact) mass is 159 g/mol. The Bertz CT molecular complexity index is 175. The van der Waals surface area contributed by atoms with Gasteiger partial charge in [0.05, 0.1) is 0 Å². The van der Waals surface area contributed by atoms with E-state index in [1.165, 1.54) is 0 Å². The van der Waals surface area contributed by atoms with Crippen molar-refractivity contribution in [2.24, 2.45) is 0 Å². The second-order valence-electron chi connectivity index (χ2n) is 2.68. The van der Waals surface area contributed by atoms with Crippen LogP contribution < -0.4 is 0 Å². The molecule has 1 aliphatic rings. The van der Waals surface area contributed by atoms with Crippen LogP contribution in [0, 0.1) is 10.1 Å². The van der Waals surface area contributed by atoms with Crippen LogP contribution in [0.1, 0.15) is 12.8 Å². The van der Waals surface area contributed by atoms with Gasteiger partial charge in [0.2, 0.25) is 0 Å². The van der Waals surface area contributed by atoms with Gasteiger partial charge in [-0.25, -0.2) is 0 Å². The highest BCUT2D eigenvalue weighted by molar-refractivity contribution is 5.49. The lowest BCUT2D eigenvalue weighted by Gasteiger charge is -2.32. The second-order valence-corrected chi connectivity index (χ2v) is 2.68. The summed E-state index contributed by atoms with van der Waals surface area (Å²) >= 11 is 0. The van der Waals surface area contributed by atoms with E-state index in [9.17, 15) is 14.9 Å². The fourth-order valence-electron chi connectivity index (χ4n) is 1.01. The molecule has 0 bridgehead atoms. The molecule has 0 aromatic heterocycles. The van der Waals surface area contributed by atoms with Gasteiger partial charge in [0.25, 0.3) is 5.54 Å². The van der Waals surface area contributed by atoms with E-state index in [4.69, 9.17) is 4.74 Å². The van der Waals surface area contributed by atoms with E-state index in [-0.39, 0.29) is 24.6 Å². The van der Waals surface area contributed by atoms with Crippen molar-refractivity contribution in [3.63, 3.8) is 0 Å². The Hall–Kier alpha value is -0.970. The standard InChI is InChI=1S/C6H9NO4/c8-3-1-2-6(7(9)10)4-11-5-6/h3H,1-2,4-5H2. The van der Waals surface area contributed by atoms with Crippen molar-refractivity contribution >= 4 is 6.29 Å². The van der Waals surface area contributed by atoms with Crippen molar-refractivity contribution in [3.05, 3.63) is 10.1 Å². The van der Waals surface area contributed by atoms with Crippen molar-refractivity contribution in [3.8, 4) is 0 Å². The molecule has 1 saturated heterocycles. The summed E-state index contributed by atoms with van der Waals surface area (Å²) in [6.45, 7) is 0.293. The Kier molecular flexibility index (Phi) is 2.19. The van der Waals surface area contributed by atoms with E-state index in [0.29, 0.717) is 12.7 Å². The number of ether oxygens (including phenoxy) is 1. The summed E-state index contributed by atoms with van der Waals surface area (Å²) in [7, 11) is 0. The third-order valence-electron chi connectivity index (χ3n) is 1.86. The first-order valence-electron chi connectivity index (χ1n) is 3.37. The number of rotatable bonds is 4. The SMILES string of the molecule is O=CCCC1([N+](=O)[O-])COC1. The molecule has 1 rings (SSSR count). The molecule has 1 heterocycles. The maximum atomic E-state index is 10.4. The topological polar surface area (TPSA) is 69.4 Å². The Morgan fingerprint density at radius 1 is 1.64 bits per heavy atom. The van der Waals surface area contributed by atoms with Crippen LogP contribution in [0.3, 0.4) is 0 Å². The van der Waals surface area contributed by atoms with Crippen LogP contribution in [0.2, 0.25) is 0 Å². The Morgan fingerprint density at radius 3 is 2.55 bits per heavy atom. The van der Waals surface area contributed by atoms with Crippen molar-refractivity contribution < 1.29 is 14.5 Å². The molecule has 0 N–H and O–H groups in total. The summed E-state index contributed by atoms with van der Waals surface area (Å²) < 4.78 is 4.74. The number of carbonyl (C=O) groups is 1. The highest BCUT2D eigenvalue weighted by Gasteiger charge is 2.50. The zero-order chi connectivity index (χ0) is 8.32. The molecule has 0 radical (unpaired) electrons. The van der Waals surface area contributed by atoms with Gasteiger partial charge in [-0.3, -0.25) is 10.1 Å². The van der Waals surface area contributed by atoms with Gasteiger partial charge in [0.15, 0.2) is 0 Å². The molecule has 1 fully saturated rings. The van der Waals surface area contributed by atoms with Crippen LogP contribution in [0.15, 0.2) is 0 Å². The van der Waals surface area contributed by atoms with E-state index >= 15 is 0 Å². The molecule has 1 aliphatic heterocycles. The van der Waals surface area contributed by atoms with Gasteiger partial charge in [-0.1, -0.05) is 0 Å². The molecular formula is C6H9NO4. The summed E-state index contributed by atoms with van der Waals surface area (Å²) in [4.78, 5) is 20.0. The molecular weight excluding hydrogens is 150 g/mol. The van der Waals surface area contributed by atoms with Crippen LogP contribution in [0.5, 0.6) is 0 Å². The van der Waals surface area contributed by atoms with Gasteiger partial charge in [-0.2, -0.15) is 0 Å². The smallest absolute Gasteiger partial charge is 0.268 e. The van der Waals surface area contributed by atoms with E-state index in [2.05, 4.69) is 0 Å². The van der Waals surface area contributed by atoms with Crippen molar-refractivity contribution in [1.82, 2.24) is 0 Å². The summed E-state index contributed by atoms with van der Waals surface area (Å²) in [6.07, 6.45) is 1.23. The third-order valence-corrected chi connectivity index (χ3v) is 1.86. The summed E-state index contributed by atoms with van der Waals surface area (Å²) in [5.74, 6) is 0. The zero-order valence-electron chi connectivity index (χ0n) is 5.99. The molecule has 0 atom stereocenters. The van der Waals surface area contributed by atoms with Gasteiger partial charge in [-0.15, -0.1) is 0 Å². The zero-order valence-corrected chi connectivity index (χ0v) is 5.99. The molecule has 0 aromatic rings. The highest BCUT2D eigenvalue weighted by Crippen LogP contribution is 2.25. The minimum absolute atomic E-state index is 0.147. The first kappa shape index (κ1) is 8.13. The van der Waals surface area contributed by atoms with Crippen molar-refractivity contribution in [2.75, 3.05) is 13.2 Å². The largest absolute Gasteiger partial charge is 0.366 e. The van der Waals surface area contributed by atoms with E-state index < -0.39 is 5.54 Å². The van der Waals surface area contributed by atoms with Crippen LogP contribution in [0.25, 0.3) is 0 Å². The summed E-state index contributed by atoms with van der Waals surface area (Å²) in [6, 6.07) is 0. The molecule has 11 heavy (non-hydrogen) atoms. The maximum Gasteiger partial charge on any atom is 0.268 e. The lowest BCUT2D eigenvalue weighted by Crippen LogP contribution is -2.55. The molecule has 0 spiro atoms. The predicted octanol–water partition coefficient (Wildman–Crippen LogP) is 0.0112. The minimum Gasteiger partial charge on any atom is -0.366 e. The van der Waals surface area contributed by atoms with Crippen LogP contribution >= 0.6 is 0 Å². The quantitative estimate of drug-likeness (QED) is 0.329. The van der Waals surface area contributed by atoms with E-state index in [0.717, 1.165) is 0 Å². The van der Waals surface area contributed by atoms with Crippen molar-refractivity contribution in [1.29, 1.82) is 0 Å². The normalized spacial score (nSPS) is 20.4. The molecule has 5 nitrogen and oxygen atoms in total. The lowest BCUT2D eigenvalue weighted by atomic mass is 9.93. The average Bonchev–Trinajstić information content (AvgIpc) is 1.85. The molecule has 0 aromatic carbocycles. The molecule has 0 amide bonds. The first-order valence-corrected chi connectivity index (χ1v) is 3.37. The van der Waals surface area contributed by atoms with Gasteiger partial charge in [0, 0.05) is 17.8 Å². The van der Waals surface area contributed by atoms with Gasteiger partial charge in [0.1, 0.15) is 19.5 Å². The molecule has 0 aliphatic carbocycles. The molecule has 0 unspecified atom stereocenters. The number of carbonyl (C=O) groups excluding carboxylic acids is 1. The van der Waals surface area contributed by atoms with Gasteiger partial charge in [-0.05, 0) is 0 Å². The highest BCUT2D eigenvalue weighted by atomic mass is 16.6. The number of hydrogen-bond donors (Lipinski definition) is 0. The van der Waals surface area contributed by atoms with Crippen LogP contribution in [-0.2, 0) is 9.53 Å². The Balaban J connectivity index is 2.46. The summed E-state index contributed by atoms with van der Waals surface area (Å²) in [5.41, 5.74) is -0.957. The molecule has 0 saturated carbocycles. The van der Waals surface area contributed by atoms with E-state index in [1.54, 1.807) is 0 Å². The number of aldehydes is 1. The summed E-state index contributed by atoms with van der Waals surface area (Å²) in [5, 5.41) is 10.4. The Morgan fingerprint density at radius 2 is 2.27 bits per heavy atom. The fourth-order valence-corrected chi connectivity index (χ4v) is 1.01. The fraction of sp³-hybridized carbons (Fsp3) is 0.833. The van der Waals surface area contributed by atoms with Crippen LogP contribution in [-0.4, -0.2) is 30.0 Å². The lowest BCUT2D eigenvalue weighted by molar-refractivity contribution is -0.604. The average molecular weight is 159 g/mol. The number of nitro groups is 1. The third kappa shape index (κ3) is 1.37. The first-order chi connectivity index (χ1) is 5.21. The predicted molar refractivity (Wildman–Crippen MR) is 35.8 cm³/mol.